The van der Waals surface area contributed by atoms with E-state index in [0.717, 1.165) is 66.2 Å². The molecule has 8 nitrogen and oxygen atoms in total. The van der Waals surface area contributed by atoms with Crippen molar-refractivity contribution in [2.24, 2.45) is 0 Å². The van der Waals surface area contributed by atoms with Gasteiger partial charge >= 0.3 is 0 Å². The first-order chi connectivity index (χ1) is 23.9. The molecule has 6 rings (SSSR count). The summed E-state index contributed by atoms with van der Waals surface area (Å²) >= 11 is 0. The SMILES string of the molecule is COc1cccc(-c2cc(CN3CCC(N(Cc4cncc(-c5cc(OC)c(OC)c(OC)c5)c4)c4ccc(F)c(F)c4)CC3)ccn2)c1.Cl.Cl.Cl. The van der Waals surface area contributed by atoms with Crippen molar-refractivity contribution in [1.29, 1.82) is 0 Å². The maximum Gasteiger partial charge on any atom is 0.203 e. The van der Waals surface area contributed by atoms with Crippen LogP contribution < -0.4 is 23.8 Å². The number of rotatable bonds is 12. The van der Waals surface area contributed by atoms with Gasteiger partial charge in [0, 0.05) is 73.7 Å². The van der Waals surface area contributed by atoms with E-state index < -0.39 is 11.6 Å². The molecule has 1 fully saturated rings. The van der Waals surface area contributed by atoms with Crippen molar-refractivity contribution < 1.29 is 27.7 Å². The van der Waals surface area contributed by atoms with Crippen molar-refractivity contribution in [3.8, 4) is 45.4 Å². The van der Waals surface area contributed by atoms with Crippen molar-refractivity contribution in [1.82, 2.24) is 14.9 Å². The Balaban J connectivity index is 0.00000243. The van der Waals surface area contributed by atoms with E-state index in [4.69, 9.17) is 18.9 Å². The van der Waals surface area contributed by atoms with Gasteiger partial charge in [0.05, 0.1) is 34.1 Å². The fourth-order valence-corrected chi connectivity index (χ4v) is 6.43. The van der Waals surface area contributed by atoms with Gasteiger partial charge in [-0.25, -0.2) is 8.78 Å². The average molecular weight is 776 g/mol. The van der Waals surface area contributed by atoms with Gasteiger partial charge in [0.25, 0.3) is 0 Å². The summed E-state index contributed by atoms with van der Waals surface area (Å²) in [6.45, 7) is 2.96. The number of benzene rings is 3. The van der Waals surface area contributed by atoms with Gasteiger partial charge in [0.15, 0.2) is 23.1 Å². The number of hydrogen-bond acceptors (Lipinski definition) is 8. The summed E-state index contributed by atoms with van der Waals surface area (Å²) in [5, 5.41) is 0. The standard InChI is InChI=1S/C39H40F2N4O4.3ClH/c1-46-33-7-5-6-28(18-33)36-17-26(10-13-43-36)24-44-14-11-31(12-15-44)45(32-8-9-34(40)35(41)21-32)25-27-16-30(23-42-22-27)29-19-37(47-2)39(49-4)38(20-29)48-3;;;/h5-10,13,16-23,31H,11-12,14-15,24-25H2,1-4H3;3*1H. The Morgan fingerprint density at radius 3 is 2.10 bits per heavy atom. The topological polar surface area (TPSA) is 69.2 Å². The van der Waals surface area contributed by atoms with Crippen LogP contribution in [0.5, 0.6) is 23.0 Å². The molecule has 52 heavy (non-hydrogen) atoms. The molecular weight excluding hydrogens is 733 g/mol. The quantitative estimate of drug-likeness (QED) is 0.124. The van der Waals surface area contributed by atoms with E-state index in [2.05, 4.69) is 38.0 Å². The average Bonchev–Trinajstić information content (AvgIpc) is 3.15. The van der Waals surface area contributed by atoms with Crippen molar-refractivity contribution in [2.45, 2.75) is 32.0 Å². The van der Waals surface area contributed by atoms with E-state index >= 15 is 0 Å². The maximum atomic E-state index is 14.6. The largest absolute Gasteiger partial charge is 0.497 e. The molecule has 0 amide bonds. The summed E-state index contributed by atoms with van der Waals surface area (Å²) in [5.41, 5.74) is 6.36. The number of likely N-dealkylation sites (tertiary alicyclic amines) is 1. The number of piperidine rings is 1. The van der Waals surface area contributed by atoms with Gasteiger partial charge in [-0.15, -0.1) is 37.2 Å². The third-order valence-electron chi connectivity index (χ3n) is 8.97. The van der Waals surface area contributed by atoms with E-state index in [9.17, 15) is 8.78 Å². The molecule has 0 N–H and O–H groups in total. The molecule has 0 aliphatic carbocycles. The highest BCUT2D eigenvalue weighted by Crippen LogP contribution is 2.41. The van der Waals surface area contributed by atoms with Crippen LogP contribution in [0.4, 0.5) is 14.5 Å². The first-order valence-corrected chi connectivity index (χ1v) is 16.2. The number of hydrogen-bond donors (Lipinski definition) is 0. The van der Waals surface area contributed by atoms with Gasteiger partial charge < -0.3 is 23.8 Å². The summed E-state index contributed by atoms with van der Waals surface area (Å²) in [6.07, 6.45) is 7.15. The van der Waals surface area contributed by atoms with Crippen LogP contribution >= 0.6 is 37.2 Å². The van der Waals surface area contributed by atoms with Gasteiger partial charge in [-0.3, -0.25) is 14.9 Å². The number of anilines is 1. The summed E-state index contributed by atoms with van der Waals surface area (Å²) in [7, 11) is 6.39. The molecule has 0 radical (unpaired) electrons. The van der Waals surface area contributed by atoms with Crippen LogP contribution in [0.15, 0.2) is 91.4 Å². The first-order valence-electron chi connectivity index (χ1n) is 16.2. The van der Waals surface area contributed by atoms with Gasteiger partial charge in [-0.05, 0) is 84.1 Å². The minimum absolute atomic E-state index is 0. The lowest BCUT2D eigenvalue weighted by Crippen LogP contribution is -2.44. The number of pyridine rings is 2. The molecule has 1 saturated heterocycles. The zero-order valence-electron chi connectivity index (χ0n) is 29.4. The Morgan fingerprint density at radius 2 is 1.44 bits per heavy atom. The van der Waals surface area contributed by atoms with E-state index in [-0.39, 0.29) is 43.3 Å². The molecule has 0 saturated carbocycles. The summed E-state index contributed by atoms with van der Waals surface area (Å²) in [6, 6.07) is 22.1. The molecular formula is C39H43Cl3F2N4O4. The lowest BCUT2D eigenvalue weighted by atomic mass is 9.99. The lowest BCUT2D eigenvalue weighted by Gasteiger charge is -2.40. The van der Waals surface area contributed by atoms with E-state index in [1.54, 1.807) is 40.7 Å². The highest BCUT2D eigenvalue weighted by atomic mass is 35.5. The minimum atomic E-state index is -0.867. The van der Waals surface area contributed by atoms with Crippen LogP contribution in [0.1, 0.15) is 24.0 Å². The fraction of sp³-hybridized carbons (Fsp3) is 0.282. The summed E-state index contributed by atoms with van der Waals surface area (Å²) in [4.78, 5) is 13.7. The Hall–Kier alpha value is -4.35. The van der Waals surface area contributed by atoms with Crippen LogP contribution in [-0.2, 0) is 13.1 Å². The molecule has 5 aromatic rings. The monoisotopic (exact) mass is 774 g/mol. The van der Waals surface area contributed by atoms with Gasteiger partial charge in [0.1, 0.15) is 5.75 Å². The van der Waals surface area contributed by atoms with Gasteiger partial charge in [-0.1, -0.05) is 12.1 Å². The Morgan fingerprint density at radius 1 is 0.712 bits per heavy atom. The first kappa shape index (κ1) is 42.1. The number of halogens is 5. The number of methoxy groups -OCH3 is 4. The molecule has 0 unspecified atom stereocenters. The number of ether oxygens (including phenoxy) is 4. The molecule has 1 aliphatic rings. The molecule has 0 spiro atoms. The van der Waals surface area contributed by atoms with Crippen molar-refractivity contribution >= 4 is 42.9 Å². The smallest absolute Gasteiger partial charge is 0.203 e. The molecule has 1 aliphatic heterocycles. The lowest BCUT2D eigenvalue weighted by molar-refractivity contribution is 0.201. The molecule has 3 aromatic carbocycles. The minimum Gasteiger partial charge on any atom is -0.497 e. The highest BCUT2D eigenvalue weighted by molar-refractivity contribution is 5.86. The number of aromatic nitrogens is 2. The van der Waals surface area contributed by atoms with E-state index in [1.807, 2.05) is 48.8 Å². The zero-order chi connectivity index (χ0) is 34.3. The molecule has 13 heteroatoms. The predicted molar refractivity (Wildman–Crippen MR) is 208 cm³/mol. The zero-order valence-corrected chi connectivity index (χ0v) is 31.8. The Kier molecular flexibility index (Phi) is 15.8. The predicted octanol–water partition coefficient (Wildman–Crippen LogP) is 9.06. The second-order valence-corrected chi connectivity index (χ2v) is 12.0. The molecule has 2 aromatic heterocycles. The van der Waals surface area contributed by atoms with Gasteiger partial charge in [-0.2, -0.15) is 0 Å². The van der Waals surface area contributed by atoms with Crippen molar-refractivity contribution in [3.63, 3.8) is 0 Å². The van der Waals surface area contributed by atoms with E-state index in [0.29, 0.717) is 29.5 Å². The normalized spacial score (nSPS) is 12.8. The molecule has 0 atom stereocenters. The van der Waals surface area contributed by atoms with Crippen LogP contribution in [0.2, 0.25) is 0 Å². The Bertz CT molecular complexity index is 1890. The third kappa shape index (κ3) is 9.74. The fourth-order valence-electron chi connectivity index (χ4n) is 6.43. The Labute approximate surface area is 322 Å². The third-order valence-corrected chi connectivity index (χ3v) is 8.97. The number of nitrogens with zero attached hydrogens (tertiary/aromatic N) is 4. The second kappa shape index (κ2) is 19.5. The molecule has 0 bridgehead atoms. The van der Waals surface area contributed by atoms with Crippen LogP contribution in [0.25, 0.3) is 22.4 Å². The van der Waals surface area contributed by atoms with E-state index in [1.165, 1.54) is 17.7 Å². The van der Waals surface area contributed by atoms with Crippen LogP contribution in [-0.4, -0.2) is 62.4 Å². The van der Waals surface area contributed by atoms with Crippen LogP contribution in [0, 0.1) is 11.6 Å². The highest BCUT2D eigenvalue weighted by Gasteiger charge is 2.26. The molecule has 278 valence electrons. The van der Waals surface area contributed by atoms with Crippen LogP contribution in [0.3, 0.4) is 0 Å². The second-order valence-electron chi connectivity index (χ2n) is 12.0. The van der Waals surface area contributed by atoms with Crippen molar-refractivity contribution in [3.05, 3.63) is 114 Å². The summed E-state index contributed by atoms with van der Waals surface area (Å²) < 4.78 is 50.6. The van der Waals surface area contributed by atoms with Gasteiger partial charge in [0.2, 0.25) is 5.75 Å². The maximum absolute atomic E-state index is 14.6. The summed E-state index contributed by atoms with van der Waals surface area (Å²) in [5.74, 6) is 0.654. The van der Waals surface area contributed by atoms with Crippen molar-refractivity contribution in [2.75, 3.05) is 46.4 Å². The molecule has 3 heterocycles.